The van der Waals surface area contributed by atoms with Gasteiger partial charge in [0.05, 0.1) is 82.9 Å². The van der Waals surface area contributed by atoms with Gasteiger partial charge < -0.3 is 179 Å². The molecule has 22 N–H and O–H groups in total. The first-order chi connectivity index (χ1) is 49.6. The minimum atomic E-state index is -2.27. The zero-order valence-corrected chi connectivity index (χ0v) is 60.3. The highest BCUT2D eigenvalue weighted by Crippen LogP contribution is 2.76. The Balaban J connectivity index is 0.778. The van der Waals surface area contributed by atoms with Gasteiger partial charge in [0.1, 0.15) is 133 Å². The maximum absolute atomic E-state index is 15.8. The number of aliphatic hydroxyl groups is 22. The minimum Gasteiger partial charge on any atom is -0.432 e. The molecule has 37 heteroatoms. The van der Waals surface area contributed by atoms with Gasteiger partial charge in [0.25, 0.3) is 0 Å². The molecule has 7 heterocycles. The van der Waals surface area contributed by atoms with Crippen LogP contribution in [0.25, 0.3) is 0 Å². The quantitative estimate of drug-likeness (QED) is 0.0344. The van der Waals surface area contributed by atoms with Gasteiger partial charge in [0, 0.05) is 11.3 Å². The first kappa shape index (κ1) is 83.2. The van der Waals surface area contributed by atoms with E-state index in [4.69, 9.17) is 66.3 Å². The Morgan fingerprint density at radius 2 is 1.07 bits per heavy atom. The number of rotatable bonds is 18. The number of carbonyl (C=O) groups excluding carboxylic acids is 1. The third-order valence-electron chi connectivity index (χ3n) is 26.6. The molecule has 610 valence electrons. The van der Waals surface area contributed by atoms with Crippen molar-refractivity contribution in [3.05, 3.63) is 11.6 Å². The Kier molecular flexibility index (Phi) is 24.2. The number of fused-ring (bicyclic) bond motifs is 7. The normalized spacial score (nSPS) is 56.1. The van der Waals surface area contributed by atoms with Gasteiger partial charge in [-0.05, 0) is 92.3 Å². The van der Waals surface area contributed by atoms with Crippen molar-refractivity contribution in [1.29, 1.82) is 0 Å². The molecular weight excluding hydrogens is 1420 g/mol. The number of hydrogen-bond donors (Lipinski definition) is 22. The van der Waals surface area contributed by atoms with Gasteiger partial charge in [-0.1, -0.05) is 53.2 Å². The molecule has 12 aliphatic rings. The predicted molar refractivity (Wildman–Crippen MR) is 345 cm³/mol. The van der Waals surface area contributed by atoms with Gasteiger partial charge in [-0.25, -0.2) is 0 Å². The highest BCUT2D eigenvalue weighted by Gasteiger charge is 2.75. The van der Waals surface area contributed by atoms with Crippen LogP contribution in [0.15, 0.2) is 11.6 Å². The summed E-state index contributed by atoms with van der Waals surface area (Å²) in [5.74, 6) is -3.05. The molecule has 37 nitrogen and oxygen atoms in total. The number of esters is 1. The predicted octanol–water partition coefficient (Wildman–Crippen LogP) is -8.70. The van der Waals surface area contributed by atoms with E-state index < -0.39 is 317 Å². The fraction of sp³-hybridized carbons (Fsp3) is 0.957. The van der Waals surface area contributed by atoms with Crippen LogP contribution in [0.1, 0.15) is 100 Å². The van der Waals surface area contributed by atoms with Crippen LogP contribution < -0.4 is 0 Å². The lowest BCUT2D eigenvalue weighted by molar-refractivity contribution is -0.387. The van der Waals surface area contributed by atoms with E-state index in [2.05, 4.69) is 6.08 Å². The summed E-state index contributed by atoms with van der Waals surface area (Å²) in [5, 5.41) is 247. The van der Waals surface area contributed by atoms with Crippen LogP contribution in [-0.2, 0) is 71.1 Å². The molecular formula is C69H112O37. The van der Waals surface area contributed by atoms with Gasteiger partial charge in [0.2, 0.25) is 6.29 Å². The van der Waals surface area contributed by atoms with Crippen LogP contribution in [0.5, 0.6) is 0 Å². The van der Waals surface area contributed by atoms with E-state index in [0.29, 0.717) is 19.3 Å². The third-order valence-corrected chi connectivity index (χ3v) is 26.6. The Labute approximate surface area is 610 Å². The summed E-state index contributed by atoms with van der Waals surface area (Å²) in [5.41, 5.74) is -8.28. The van der Waals surface area contributed by atoms with Crippen molar-refractivity contribution in [2.75, 3.05) is 46.2 Å². The topological polar surface area (TPSA) is 591 Å². The lowest BCUT2D eigenvalue weighted by Gasteiger charge is -2.73. The monoisotopic (exact) mass is 1530 g/mol. The van der Waals surface area contributed by atoms with Crippen molar-refractivity contribution in [2.24, 2.45) is 50.2 Å². The highest BCUT2D eigenvalue weighted by atomic mass is 16.8. The third kappa shape index (κ3) is 14.0. The summed E-state index contributed by atoms with van der Waals surface area (Å²) in [6.45, 7) is 9.30. The molecule has 7 aliphatic heterocycles. The minimum absolute atomic E-state index is 0.0484. The summed E-state index contributed by atoms with van der Waals surface area (Å²) in [7, 11) is 0. The molecule has 0 aromatic heterocycles. The average molecular weight is 1530 g/mol. The Hall–Kier alpha value is -2.19. The van der Waals surface area contributed by atoms with Gasteiger partial charge >= 0.3 is 5.97 Å². The maximum atomic E-state index is 15.8. The van der Waals surface area contributed by atoms with Crippen molar-refractivity contribution in [3.8, 4) is 0 Å². The maximum Gasteiger partial charge on any atom is 0.317 e. The van der Waals surface area contributed by atoms with Crippen molar-refractivity contribution in [2.45, 2.75) is 315 Å². The fourth-order valence-corrected chi connectivity index (χ4v) is 20.4. The number of carbonyl (C=O) groups is 1. The molecule has 0 amide bonds. The number of ether oxygens (including phenoxy) is 14. The van der Waals surface area contributed by atoms with E-state index in [9.17, 15) is 112 Å². The van der Waals surface area contributed by atoms with E-state index in [1.165, 1.54) is 13.8 Å². The Bertz CT molecular complexity index is 3050. The standard InChI is InChI=1S/C69H112O37/c1-24-36(78)40(82)44(86)57(97-24)102-49-31(76)19-93-56(46(49)88)101-48-25(2)98-59(47(89)50(48)103-61-53(90)68(92,22-72)23-96-61)104-51-37(79)30(75)18-94-60(51)106-62(91)69-12-11-63(3,4)13-27(69)26-9-10-34-64(5)14-29(74)54(65(6,21-71)52(64)28(73)15-67(34,8)66(26,7)16-35(69)77)105-58-45(87)42(84)39(81)33(100-58)20-95-55-43(85)41(83)38(80)32(17-70)99-55/h9,24-25,27-61,70-90,92H,10-23H2,1-8H3/t24-,25-,27-,28+,29-,30-,31+,32+,33+,34+,35+,36-,37+,38+,39+,40+,41-,42-,43+,44+,45+,46+,47+,48-,49-,50-,51+,52+,53-,54-,55+,56-,57-,58-,59-,60-,61-,64+,65-,66+,67+,68-,69+/m0/s1. The van der Waals surface area contributed by atoms with Crippen molar-refractivity contribution in [1.82, 2.24) is 0 Å². The van der Waals surface area contributed by atoms with Crippen LogP contribution in [0.2, 0.25) is 0 Å². The summed E-state index contributed by atoms with van der Waals surface area (Å²) >= 11 is 0. The SMILES string of the molecule is C[C@@H]1O[C@@H](O[C@@H]2[C@@H](O)[C@H](O[C@@H]3[C@@H](O[C@@H]4OC[C@@](O)(CO)[C@H]4O)[C@@H](O)[C@H](O[C@H]4[C@H](OC(=O)[C@]56CCC(C)(C)C[C@H]5C5=CC[C@@H]7[C@@]8(C)C[C@H](O)[C@H](O[C@@H]9O[C@H](CO[C@@H]%10O[C@H](CO)[C@@H](O)[C@H](O)[C@H]%10O)[C@@H](O)[C@H](O)[C@H]9O)[C@@](C)(CO)[C@@H]8[C@H](O)C[C@@]7(C)[C@]5(C)C[C@H]6O)OC[C@H](O)[C@H]4O)O[C@H]3C)OC[C@H]2O)[C@H](O)[C@H](O)[C@H]1O. The zero-order chi connectivity index (χ0) is 77.5. The molecule has 0 spiro atoms. The number of hydrogen-bond acceptors (Lipinski definition) is 37. The molecule has 43 atom stereocenters. The molecule has 12 rings (SSSR count). The average Bonchev–Trinajstić information content (AvgIpc) is 0.726. The molecule has 106 heavy (non-hydrogen) atoms. The molecule has 0 bridgehead atoms. The van der Waals surface area contributed by atoms with E-state index in [0.717, 1.165) is 5.57 Å². The molecule has 0 aromatic carbocycles. The van der Waals surface area contributed by atoms with E-state index in [1.54, 1.807) is 6.92 Å². The second kappa shape index (κ2) is 30.9. The molecule has 0 aromatic rings. The molecule has 0 radical (unpaired) electrons. The van der Waals surface area contributed by atoms with Gasteiger partial charge in [-0.15, -0.1) is 0 Å². The van der Waals surface area contributed by atoms with Gasteiger partial charge in [-0.3, -0.25) is 4.79 Å². The van der Waals surface area contributed by atoms with Crippen LogP contribution in [-0.4, -0.2) is 379 Å². The smallest absolute Gasteiger partial charge is 0.317 e. The van der Waals surface area contributed by atoms with Crippen LogP contribution >= 0.6 is 0 Å². The second-order valence-corrected chi connectivity index (χ2v) is 33.8. The molecule has 4 saturated carbocycles. The molecule has 11 fully saturated rings. The van der Waals surface area contributed by atoms with E-state index in [-0.39, 0.29) is 25.7 Å². The first-order valence-electron chi connectivity index (χ1n) is 36.7. The van der Waals surface area contributed by atoms with Crippen molar-refractivity contribution in [3.63, 3.8) is 0 Å². The molecule has 0 unspecified atom stereocenters. The lowest BCUT2D eigenvalue weighted by atomic mass is 9.32. The first-order valence-corrected chi connectivity index (χ1v) is 36.7. The largest absolute Gasteiger partial charge is 0.432 e. The van der Waals surface area contributed by atoms with E-state index >= 15 is 4.79 Å². The van der Waals surface area contributed by atoms with Crippen molar-refractivity contribution < 1.29 is 183 Å². The zero-order valence-electron chi connectivity index (χ0n) is 60.3. The molecule has 5 aliphatic carbocycles. The second-order valence-electron chi connectivity index (χ2n) is 33.8. The summed E-state index contributed by atoms with van der Waals surface area (Å²) in [6, 6.07) is 0. The van der Waals surface area contributed by atoms with Crippen molar-refractivity contribution >= 4 is 5.97 Å². The fourth-order valence-electron chi connectivity index (χ4n) is 20.4. The van der Waals surface area contributed by atoms with Gasteiger partial charge in [0.15, 0.2) is 43.8 Å². The van der Waals surface area contributed by atoms with E-state index in [1.807, 2.05) is 34.6 Å². The van der Waals surface area contributed by atoms with Gasteiger partial charge in [-0.2, -0.15) is 0 Å². The molecule has 7 saturated heterocycles. The Morgan fingerprint density at radius 1 is 0.500 bits per heavy atom. The van der Waals surface area contributed by atoms with Crippen LogP contribution in [0.4, 0.5) is 0 Å². The summed E-state index contributed by atoms with van der Waals surface area (Å²) in [6.07, 6.45) is -55.5. The lowest BCUT2D eigenvalue weighted by Crippen LogP contribution is -2.73. The van der Waals surface area contributed by atoms with Crippen LogP contribution in [0, 0.1) is 50.2 Å². The highest BCUT2D eigenvalue weighted by molar-refractivity contribution is 5.80. The van der Waals surface area contributed by atoms with Crippen LogP contribution in [0.3, 0.4) is 0 Å². The number of aliphatic hydroxyl groups excluding tert-OH is 21. The Morgan fingerprint density at radius 3 is 1.72 bits per heavy atom. The summed E-state index contributed by atoms with van der Waals surface area (Å²) in [4.78, 5) is 15.8. The number of allylic oxidation sites excluding steroid dienone is 2. The summed E-state index contributed by atoms with van der Waals surface area (Å²) < 4.78 is 83.3.